The second-order valence-electron chi connectivity index (χ2n) is 4.79. The number of hydrogen-bond acceptors (Lipinski definition) is 4. The Morgan fingerprint density at radius 1 is 1.29 bits per heavy atom. The van der Waals surface area contributed by atoms with Crippen molar-refractivity contribution in [3.63, 3.8) is 0 Å². The molecule has 7 heteroatoms. The van der Waals surface area contributed by atoms with Gasteiger partial charge in [-0.05, 0) is 58.3 Å². The average molecular weight is 393 g/mol. The molecule has 2 N–H and O–H groups in total. The van der Waals surface area contributed by atoms with Gasteiger partial charge in [0, 0.05) is 6.08 Å². The summed E-state index contributed by atoms with van der Waals surface area (Å²) in [7, 11) is 0. The van der Waals surface area contributed by atoms with Gasteiger partial charge in [0.05, 0.1) is 10.7 Å². The van der Waals surface area contributed by atoms with Gasteiger partial charge in [0.15, 0.2) is 6.61 Å². The van der Waals surface area contributed by atoms with Crippen molar-refractivity contribution in [2.45, 2.75) is 13.3 Å². The summed E-state index contributed by atoms with van der Waals surface area (Å²) < 4.78 is 11.2. The number of benzene rings is 1. The fourth-order valence-corrected chi connectivity index (χ4v) is 2.32. The summed E-state index contributed by atoms with van der Waals surface area (Å²) in [4.78, 5) is 23.2. The molecule has 126 valence electrons. The third-order valence-electron chi connectivity index (χ3n) is 3.03. The first kappa shape index (κ1) is 17.8. The zero-order valence-electron chi connectivity index (χ0n) is 13.0. The number of rotatable bonds is 6. The molecule has 1 aromatic carbocycles. The van der Waals surface area contributed by atoms with Crippen LogP contribution in [-0.2, 0) is 16.0 Å². The van der Waals surface area contributed by atoms with Gasteiger partial charge < -0.3 is 9.15 Å². The summed E-state index contributed by atoms with van der Waals surface area (Å²) in [6.07, 6.45) is 5.16. The number of ether oxygens (including phenoxy) is 1. The lowest BCUT2D eigenvalue weighted by Gasteiger charge is -2.10. The van der Waals surface area contributed by atoms with Crippen molar-refractivity contribution >= 4 is 33.8 Å². The first-order chi connectivity index (χ1) is 11.6. The van der Waals surface area contributed by atoms with Gasteiger partial charge >= 0.3 is 0 Å². The predicted molar refractivity (Wildman–Crippen MR) is 93.0 cm³/mol. The number of amides is 2. The first-order valence-corrected chi connectivity index (χ1v) is 8.09. The topological polar surface area (TPSA) is 80.6 Å². The molecule has 2 amide bonds. The van der Waals surface area contributed by atoms with E-state index < -0.39 is 11.8 Å². The lowest BCUT2D eigenvalue weighted by atomic mass is 10.2. The van der Waals surface area contributed by atoms with Crippen LogP contribution in [0.5, 0.6) is 5.75 Å². The molecule has 0 fully saturated rings. The monoisotopic (exact) mass is 392 g/mol. The van der Waals surface area contributed by atoms with Crippen molar-refractivity contribution in [3.8, 4) is 5.75 Å². The maximum absolute atomic E-state index is 11.7. The largest absolute Gasteiger partial charge is 0.483 e. The molecule has 0 saturated carbocycles. The number of carbonyl (C=O) groups is 2. The van der Waals surface area contributed by atoms with Gasteiger partial charge in [-0.1, -0.05) is 13.0 Å². The fraction of sp³-hybridized carbons (Fsp3) is 0.176. The Bertz CT molecular complexity index is 726. The van der Waals surface area contributed by atoms with Gasteiger partial charge in [0.1, 0.15) is 11.5 Å². The van der Waals surface area contributed by atoms with Crippen molar-refractivity contribution in [1.82, 2.24) is 10.9 Å². The van der Waals surface area contributed by atoms with Crippen molar-refractivity contribution in [1.29, 1.82) is 0 Å². The van der Waals surface area contributed by atoms with Crippen LogP contribution in [-0.4, -0.2) is 18.4 Å². The summed E-state index contributed by atoms with van der Waals surface area (Å²) in [5.41, 5.74) is 5.68. The third kappa shape index (κ3) is 5.58. The summed E-state index contributed by atoms with van der Waals surface area (Å²) >= 11 is 3.40. The molecule has 0 aliphatic rings. The van der Waals surface area contributed by atoms with Crippen LogP contribution < -0.4 is 15.6 Å². The Hall–Kier alpha value is -2.54. The molecular formula is C17H17BrN2O4. The molecule has 0 aliphatic heterocycles. The number of aryl methyl sites for hydroxylation is 1. The number of hydrogen-bond donors (Lipinski definition) is 2. The highest BCUT2D eigenvalue weighted by atomic mass is 79.9. The van der Waals surface area contributed by atoms with E-state index >= 15 is 0 Å². The standard InChI is InChI=1S/C17H17BrN2O4/c1-2-12-5-7-15(14(18)10-12)24-11-17(22)20-19-16(21)8-6-13-4-3-9-23-13/h3-10H,2,11H2,1H3,(H,19,21)(H,20,22)/b8-6+. The van der Waals surface area contributed by atoms with E-state index in [0.717, 1.165) is 16.5 Å². The van der Waals surface area contributed by atoms with Gasteiger partial charge in [-0.2, -0.15) is 0 Å². The Morgan fingerprint density at radius 2 is 2.12 bits per heavy atom. The van der Waals surface area contributed by atoms with Crippen LogP contribution in [0.3, 0.4) is 0 Å². The highest BCUT2D eigenvalue weighted by Gasteiger charge is 2.07. The highest BCUT2D eigenvalue weighted by molar-refractivity contribution is 9.10. The summed E-state index contributed by atoms with van der Waals surface area (Å²) in [6, 6.07) is 9.08. The molecule has 6 nitrogen and oxygen atoms in total. The number of carbonyl (C=O) groups excluding carboxylic acids is 2. The first-order valence-electron chi connectivity index (χ1n) is 7.30. The molecule has 0 spiro atoms. The molecule has 0 saturated heterocycles. The van der Waals surface area contributed by atoms with E-state index in [1.165, 1.54) is 18.4 Å². The van der Waals surface area contributed by atoms with Gasteiger partial charge in [-0.15, -0.1) is 0 Å². The molecule has 0 aliphatic carbocycles. The average Bonchev–Trinajstić information content (AvgIpc) is 3.10. The number of nitrogens with one attached hydrogen (secondary N) is 2. The minimum Gasteiger partial charge on any atom is -0.483 e. The van der Waals surface area contributed by atoms with E-state index in [1.807, 2.05) is 12.1 Å². The van der Waals surface area contributed by atoms with Crippen LogP contribution >= 0.6 is 15.9 Å². The second kappa shape index (κ2) is 8.93. The summed E-state index contributed by atoms with van der Waals surface area (Å²) in [5, 5.41) is 0. The number of furan rings is 1. The Morgan fingerprint density at radius 3 is 2.79 bits per heavy atom. The summed E-state index contributed by atoms with van der Waals surface area (Å²) in [5.74, 6) is 0.154. The number of hydrazine groups is 1. The maximum Gasteiger partial charge on any atom is 0.276 e. The molecule has 1 aromatic heterocycles. The smallest absolute Gasteiger partial charge is 0.276 e. The second-order valence-corrected chi connectivity index (χ2v) is 5.65. The zero-order chi connectivity index (χ0) is 17.4. The molecule has 0 bridgehead atoms. The van der Waals surface area contributed by atoms with Crippen LogP contribution in [0.25, 0.3) is 6.08 Å². The molecular weight excluding hydrogens is 376 g/mol. The quantitative estimate of drug-likeness (QED) is 0.584. The highest BCUT2D eigenvalue weighted by Crippen LogP contribution is 2.26. The Kier molecular flexibility index (Phi) is 6.62. The van der Waals surface area contributed by atoms with Crippen LogP contribution in [0.1, 0.15) is 18.2 Å². The maximum atomic E-state index is 11.7. The van der Waals surface area contributed by atoms with Gasteiger partial charge in [0.2, 0.25) is 0 Å². The molecule has 1 heterocycles. The van der Waals surface area contributed by atoms with E-state index in [-0.39, 0.29) is 6.61 Å². The number of halogens is 1. The van der Waals surface area contributed by atoms with Crippen LogP contribution in [0, 0.1) is 0 Å². The van der Waals surface area contributed by atoms with Crippen LogP contribution in [0.2, 0.25) is 0 Å². The molecule has 24 heavy (non-hydrogen) atoms. The van der Waals surface area contributed by atoms with E-state index in [0.29, 0.717) is 11.5 Å². The Balaban J connectivity index is 1.74. The van der Waals surface area contributed by atoms with Crippen molar-refractivity contribution in [2.75, 3.05) is 6.61 Å². The lowest BCUT2D eigenvalue weighted by molar-refractivity contribution is -0.128. The molecule has 2 rings (SSSR count). The van der Waals surface area contributed by atoms with Gasteiger partial charge in [0.25, 0.3) is 11.8 Å². The van der Waals surface area contributed by atoms with Crippen molar-refractivity contribution in [3.05, 3.63) is 58.5 Å². The van der Waals surface area contributed by atoms with Crippen molar-refractivity contribution in [2.24, 2.45) is 0 Å². The molecule has 0 radical (unpaired) electrons. The van der Waals surface area contributed by atoms with E-state index in [1.54, 1.807) is 18.2 Å². The van der Waals surface area contributed by atoms with Gasteiger partial charge in [-0.25, -0.2) is 0 Å². The molecule has 0 unspecified atom stereocenters. The fourth-order valence-electron chi connectivity index (χ4n) is 1.78. The SMILES string of the molecule is CCc1ccc(OCC(=O)NNC(=O)/C=C/c2ccco2)c(Br)c1. The van der Waals surface area contributed by atoms with Crippen LogP contribution in [0.4, 0.5) is 0 Å². The van der Waals surface area contributed by atoms with Crippen molar-refractivity contribution < 1.29 is 18.7 Å². The zero-order valence-corrected chi connectivity index (χ0v) is 14.6. The third-order valence-corrected chi connectivity index (χ3v) is 3.65. The minimum absolute atomic E-state index is 0.216. The van der Waals surface area contributed by atoms with E-state index in [2.05, 4.69) is 33.7 Å². The summed E-state index contributed by atoms with van der Waals surface area (Å²) in [6.45, 7) is 1.84. The Labute approximate surface area is 148 Å². The van der Waals surface area contributed by atoms with E-state index in [4.69, 9.17) is 9.15 Å². The molecule has 2 aromatic rings. The predicted octanol–water partition coefficient (Wildman–Crippen LogP) is 2.84. The molecule has 0 atom stereocenters. The van der Waals surface area contributed by atoms with E-state index in [9.17, 15) is 9.59 Å². The van der Waals surface area contributed by atoms with Gasteiger partial charge in [-0.3, -0.25) is 20.4 Å². The van der Waals surface area contributed by atoms with Crippen LogP contribution in [0.15, 0.2) is 51.6 Å². The minimum atomic E-state index is -0.478. The normalized spacial score (nSPS) is 10.6. The lowest BCUT2D eigenvalue weighted by Crippen LogP contribution is -2.43.